The van der Waals surface area contributed by atoms with Crippen LogP contribution in [0.2, 0.25) is 5.02 Å². The third-order valence-electron chi connectivity index (χ3n) is 2.83. The number of benzene rings is 2. The minimum atomic E-state index is -1.15. The number of hydrogen-bond donors (Lipinski definition) is 3. The Kier molecular flexibility index (Phi) is 4.45. The highest BCUT2D eigenvalue weighted by atomic mass is 35.5. The molecule has 0 unspecified atom stereocenters. The fraction of sp³-hybridized carbons (Fsp3) is 0.0667. The van der Waals surface area contributed by atoms with Crippen molar-refractivity contribution in [3.63, 3.8) is 0 Å². The third kappa shape index (κ3) is 3.97. The van der Waals surface area contributed by atoms with Crippen molar-refractivity contribution in [1.29, 1.82) is 0 Å². The molecule has 21 heavy (non-hydrogen) atoms. The maximum absolute atomic E-state index is 12.0. The van der Waals surface area contributed by atoms with E-state index in [2.05, 4.69) is 5.32 Å². The first-order valence-electron chi connectivity index (χ1n) is 6.13. The average Bonchev–Trinajstić information content (AvgIpc) is 2.43. The Bertz CT molecular complexity index is 684. The lowest BCUT2D eigenvalue weighted by Gasteiger charge is -2.09. The Morgan fingerprint density at radius 1 is 1.14 bits per heavy atom. The molecule has 2 aromatic carbocycles. The Labute approximate surface area is 126 Å². The van der Waals surface area contributed by atoms with Gasteiger partial charge >= 0.3 is 5.97 Å². The number of carbonyl (C=O) groups is 2. The van der Waals surface area contributed by atoms with Crippen LogP contribution in [0.4, 0.5) is 11.4 Å². The summed E-state index contributed by atoms with van der Waals surface area (Å²) in [5, 5.41) is 12.3. The molecule has 0 spiro atoms. The molecule has 2 aromatic rings. The van der Waals surface area contributed by atoms with Gasteiger partial charge in [-0.3, -0.25) is 4.79 Å². The van der Waals surface area contributed by atoms with E-state index in [0.29, 0.717) is 10.7 Å². The van der Waals surface area contributed by atoms with Crippen LogP contribution in [0.3, 0.4) is 0 Å². The van der Waals surface area contributed by atoms with Crippen molar-refractivity contribution >= 4 is 34.9 Å². The van der Waals surface area contributed by atoms with E-state index in [-0.39, 0.29) is 23.6 Å². The number of nitrogen functional groups attached to an aromatic ring is 1. The highest BCUT2D eigenvalue weighted by molar-refractivity contribution is 6.30. The Morgan fingerprint density at radius 2 is 1.81 bits per heavy atom. The number of hydrogen-bond acceptors (Lipinski definition) is 3. The SMILES string of the molecule is Nc1ccc(NC(=O)Cc2ccc(Cl)cc2)c(C(=O)O)c1. The van der Waals surface area contributed by atoms with Crippen molar-refractivity contribution in [3.8, 4) is 0 Å². The van der Waals surface area contributed by atoms with Crippen molar-refractivity contribution in [1.82, 2.24) is 0 Å². The molecular formula is C15H13ClN2O3. The Hall–Kier alpha value is -2.53. The predicted octanol–water partition coefficient (Wildman–Crippen LogP) is 2.80. The molecule has 6 heteroatoms. The smallest absolute Gasteiger partial charge is 0.337 e. The van der Waals surface area contributed by atoms with Gasteiger partial charge in [-0.1, -0.05) is 23.7 Å². The number of halogens is 1. The van der Waals surface area contributed by atoms with Gasteiger partial charge in [0.2, 0.25) is 5.91 Å². The summed E-state index contributed by atoms with van der Waals surface area (Å²) < 4.78 is 0. The van der Waals surface area contributed by atoms with Gasteiger partial charge in [-0.2, -0.15) is 0 Å². The van der Waals surface area contributed by atoms with Crippen LogP contribution in [0, 0.1) is 0 Å². The van der Waals surface area contributed by atoms with E-state index < -0.39 is 5.97 Å². The van der Waals surface area contributed by atoms with Gasteiger partial charge in [0.25, 0.3) is 0 Å². The lowest BCUT2D eigenvalue weighted by atomic mass is 10.1. The normalized spacial score (nSPS) is 10.1. The highest BCUT2D eigenvalue weighted by Gasteiger charge is 2.13. The number of aromatic carboxylic acids is 1. The number of carboxylic acid groups (broad SMARTS) is 1. The number of nitrogens with two attached hydrogens (primary N) is 1. The molecule has 108 valence electrons. The lowest BCUT2D eigenvalue weighted by Crippen LogP contribution is -2.17. The van der Waals surface area contributed by atoms with Gasteiger partial charge in [-0.15, -0.1) is 0 Å². The third-order valence-corrected chi connectivity index (χ3v) is 3.08. The summed E-state index contributed by atoms with van der Waals surface area (Å²) in [5.74, 6) is -1.46. The summed E-state index contributed by atoms with van der Waals surface area (Å²) in [7, 11) is 0. The second-order valence-electron chi connectivity index (χ2n) is 4.46. The summed E-state index contributed by atoms with van der Waals surface area (Å²) in [4.78, 5) is 23.1. The van der Waals surface area contributed by atoms with Crippen LogP contribution < -0.4 is 11.1 Å². The largest absolute Gasteiger partial charge is 0.478 e. The number of amides is 1. The monoisotopic (exact) mass is 304 g/mol. The van der Waals surface area contributed by atoms with Crippen LogP contribution in [0.1, 0.15) is 15.9 Å². The predicted molar refractivity (Wildman–Crippen MR) is 81.6 cm³/mol. The quantitative estimate of drug-likeness (QED) is 0.757. The van der Waals surface area contributed by atoms with Gasteiger partial charge in [0, 0.05) is 10.7 Å². The van der Waals surface area contributed by atoms with Crippen LogP contribution in [0.15, 0.2) is 42.5 Å². The van der Waals surface area contributed by atoms with Gasteiger partial charge in [-0.05, 0) is 35.9 Å². The van der Waals surface area contributed by atoms with E-state index in [1.54, 1.807) is 24.3 Å². The standard InChI is InChI=1S/C15H13ClN2O3/c16-10-3-1-9(2-4-10)7-14(19)18-13-6-5-11(17)8-12(13)15(20)21/h1-6,8H,7,17H2,(H,18,19)(H,20,21). The molecule has 5 nitrogen and oxygen atoms in total. The minimum Gasteiger partial charge on any atom is -0.478 e. The molecule has 1 amide bonds. The number of nitrogens with one attached hydrogen (secondary N) is 1. The molecular weight excluding hydrogens is 292 g/mol. The van der Waals surface area contributed by atoms with Gasteiger partial charge in [0.15, 0.2) is 0 Å². The van der Waals surface area contributed by atoms with Crippen molar-refractivity contribution < 1.29 is 14.7 Å². The van der Waals surface area contributed by atoms with E-state index in [0.717, 1.165) is 5.56 Å². The molecule has 0 atom stereocenters. The Morgan fingerprint density at radius 3 is 2.43 bits per heavy atom. The zero-order chi connectivity index (χ0) is 15.4. The first-order valence-corrected chi connectivity index (χ1v) is 6.50. The van der Waals surface area contributed by atoms with Gasteiger partial charge < -0.3 is 16.2 Å². The molecule has 0 radical (unpaired) electrons. The molecule has 0 saturated carbocycles. The van der Waals surface area contributed by atoms with E-state index in [4.69, 9.17) is 22.4 Å². The number of carboxylic acids is 1. The van der Waals surface area contributed by atoms with Crippen LogP contribution in [-0.2, 0) is 11.2 Å². The van der Waals surface area contributed by atoms with Crippen LogP contribution in [0.5, 0.6) is 0 Å². The Balaban J connectivity index is 2.12. The van der Waals surface area contributed by atoms with Crippen LogP contribution in [-0.4, -0.2) is 17.0 Å². The van der Waals surface area contributed by atoms with Gasteiger partial charge in [-0.25, -0.2) is 4.79 Å². The number of carbonyl (C=O) groups excluding carboxylic acids is 1. The van der Waals surface area contributed by atoms with E-state index >= 15 is 0 Å². The van der Waals surface area contributed by atoms with Crippen LogP contribution >= 0.6 is 11.6 Å². The average molecular weight is 305 g/mol. The highest BCUT2D eigenvalue weighted by Crippen LogP contribution is 2.19. The molecule has 2 rings (SSSR count). The van der Waals surface area contributed by atoms with E-state index in [1.807, 2.05) is 0 Å². The molecule has 0 saturated heterocycles. The van der Waals surface area contributed by atoms with Gasteiger partial charge in [0.1, 0.15) is 0 Å². The zero-order valence-electron chi connectivity index (χ0n) is 11.0. The fourth-order valence-electron chi connectivity index (χ4n) is 1.83. The number of rotatable bonds is 4. The van der Waals surface area contributed by atoms with E-state index in [1.165, 1.54) is 18.2 Å². The molecule has 0 heterocycles. The summed E-state index contributed by atoms with van der Waals surface area (Å²) in [6.45, 7) is 0. The van der Waals surface area contributed by atoms with Crippen molar-refractivity contribution in [2.45, 2.75) is 6.42 Å². The topological polar surface area (TPSA) is 92.4 Å². The second kappa shape index (κ2) is 6.28. The molecule has 0 bridgehead atoms. The first-order chi connectivity index (χ1) is 9.95. The summed E-state index contributed by atoms with van der Waals surface area (Å²) in [6.07, 6.45) is 0.126. The summed E-state index contributed by atoms with van der Waals surface area (Å²) in [5.41, 5.74) is 6.83. The fourth-order valence-corrected chi connectivity index (χ4v) is 1.96. The number of anilines is 2. The molecule has 4 N–H and O–H groups in total. The van der Waals surface area contributed by atoms with Crippen molar-refractivity contribution in [2.24, 2.45) is 0 Å². The first kappa shape index (κ1) is 14.9. The second-order valence-corrected chi connectivity index (χ2v) is 4.90. The van der Waals surface area contributed by atoms with Crippen LogP contribution in [0.25, 0.3) is 0 Å². The molecule has 0 aliphatic heterocycles. The zero-order valence-corrected chi connectivity index (χ0v) is 11.7. The lowest BCUT2D eigenvalue weighted by molar-refractivity contribution is -0.115. The molecule has 0 aromatic heterocycles. The van der Waals surface area contributed by atoms with Crippen molar-refractivity contribution in [2.75, 3.05) is 11.1 Å². The van der Waals surface area contributed by atoms with Gasteiger partial charge in [0.05, 0.1) is 17.7 Å². The van der Waals surface area contributed by atoms with Crippen molar-refractivity contribution in [3.05, 3.63) is 58.6 Å². The molecule has 0 aliphatic carbocycles. The summed E-state index contributed by atoms with van der Waals surface area (Å²) >= 11 is 5.77. The molecule has 0 aliphatic rings. The minimum absolute atomic E-state index is 0.0422. The maximum Gasteiger partial charge on any atom is 0.337 e. The molecule has 0 fully saturated rings. The van der Waals surface area contributed by atoms with E-state index in [9.17, 15) is 9.59 Å². The summed E-state index contributed by atoms with van der Waals surface area (Å²) in [6, 6.07) is 11.2. The maximum atomic E-state index is 12.0.